The molecule has 0 atom stereocenters. The maximum absolute atomic E-state index is 11.4. The molecule has 1 aromatic heterocycles. The molecule has 1 amide bonds. The van der Waals surface area contributed by atoms with Crippen LogP contribution in [-0.4, -0.2) is 24.9 Å². The van der Waals surface area contributed by atoms with Crippen molar-refractivity contribution in [3.05, 3.63) is 21.9 Å². The van der Waals surface area contributed by atoms with E-state index in [0.29, 0.717) is 0 Å². The lowest BCUT2D eigenvalue weighted by Gasteiger charge is -2.06. The van der Waals surface area contributed by atoms with E-state index in [1.165, 1.54) is 16.9 Å². The van der Waals surface area contributed by atoms with Gasteiger partial charge in [-0.25, -0.2) is 0 Å². The van der Waals surface area contributed by atoms with Crippen LogP contribution in [-0.2, 0) is 6.42 Å². The second-order valence-corrected chi connectivity index (χ2v) is 3.78. The van der Waals surface area contributed by atoms with Gasteiger partial charge in [-0.3, -0.25) is 4.79 Å². The van der Waals surface area contributed by atoms with Crippen LogP contribution in [0.5, 0.6) is 0 Å². The lowest BCUT2D eigenvalue weighted by Crippen LogP contribution is -2.20. The number of thiophene rings is 1. The van der Waals surface area contributed by atoms with Crippen LogP contribution in [0.1, 0.15) is 22.2 Å². The molecule has 0 unspecified atom stereocenters. The molecule has 0 saturated heterocycles. The van der Waals surface area contributed by atoms with Gasteiger partial charge in [0, 0.05) is 14.1 Å². The zero-order valence-electron chi connectivity index (χ0n) is 7.63. The summed E-state index contributed by atoms with van der Waals surface area (Å²) in [7, 11) is 3.54. The van der Waals surface area contributed by atoms with Crippen LogP contribution >= 0.6 is 11.3 Å². The minimum Gasteiger partial charge on any atom is -0.344 e. The summed E-state index contributed by atoms with van der Waals surface area (Å²) in [6.07, 6.45) is 0.997. The van der Waals surface area contributed by atoms with Gasteiger partial charge in [-0.1, -0.05) is 6.92 Å². The van der Waals surface area contributed by atoms with Crippen molar-refractivity contribution in [3.8, 4) is 0 Å². The fourth-order valence-electron chi connectivity index (χ4n) is 0.894. The molecule has 0 aromatic carbocycles. The number of carbonyl (C=O) groups is 1. The molecule has 0 aliphatic heterocycles. The molecule has 1 heterocycles. The summed E-state index contributed by atoms with van der Waals surface area (Å²) in [6.45, 7) is 2.09. The van der Waals surface area contributed by atoms with Crippen LogP contribution in [0.2, 0.25) is 0 Å². The topological polar surface area (TPSA) is 20.3 Å². The van der Waals surface area contributed by atoms with Crippen LogP contribution in [0.15, 0.2) is 11.4 Å². The number of rotatable bonds is 2. The molecule has 1 rings (SSSR count). The molecule has 12 heavy (non-hydrogen) atoms. The minimum atomic E-state index is 0.0969. The Morgan fingerprint density at radius 3 is 2.67 bits per heavy atom. The number of hydrogen-bond acceptors (Lipinski definition) is 2. The van der Waals surface area contributed by atoms with Gasteiger partial charge in [0.2, 0.25) is 0 Å². The van der Waals surface area contributed by atoms with Crippen molar-refractivity contribution in [2.24, 2.45) is 0 Å². The molecule has 0 aliphatic carbocycles. The summed E-state index contributed by atoms with van der Waals surface area (Å²) in [5.74, 6) is 0.0969. The Balaban J connectivity index is 2.82. The van der Waals surface area contributed by atoms with Gasteiger partial charge in [-0.15, -0.1) is 11.3 Å². The van der Waals surface area contributed by atoms with Gasteiger partial charge in [0.25, 0.3) is 5.91 Å². The van der Waals surface area contributed by atoms with Gasteiger partial charge in [0.05, 0.1) is 4.88 Å². The predicted octanol–water partition coefficient (Wildman–Crippen LogP) is 2.01. The quantitative estimate of drug-likeness (QED) is 0.687. The van der Waals surface area contributed by atoms with Crippen molar-refractivity contribution in [2.75, 3.05) is 14.1 Å². The normalized spacial score (nSPS) is 9.92. The summed E-state index contributed by atoms with van der Waals surface area (Å²) >= 11 is 1.52. The third kappa shape index (κ3) is 1.85. The summed E-state index contributed by atoms with van der Waals surface area (Å²) < 4.78 is 0. The highest BCUT2D eigenvalue weighted by molar-refractivity contribution is 7.12. The lowest BCUT2D eigenvalue weighted by molar-refractivity contribution is 0.0832. The Morgan fingerprint density at radius 1 is 1.58 bits per heavy atom. The number of aryl methyl sites for hydroxylation is 1. The fraction of sp³-hybridized carbons (Fsp3) is 0.444. The zero-order chi connectivity index (χ0) is 9.14. The Hall–Kier alpha value is -0.830. The Bertz CT molecular complexity index is 278. The molecule has 0 aliphatic rings. The minimum absolute atomic E-state index is 0.0969. The summed E-state index contributed by atoms with van der Waals surface area (Å²) in [6, 6.07) is 1.97. The van der Waals surface area contributed by atoms with Gasteiger partial charge in [0.1, 0.15) is 0 Å². The standard InChI is InChI=1S/C9H13NOS/c1-4-7-5-8(12-6-7)9(11)10(2)3/h5-6H,4H2,1-3H3. The number of nitrogens with zero attached hydrogens (tertiary/aromatic N) is 1. The fourth-order valence-corrected chi connectivity index (χ4v) is 1.91. The van der Waals surface area contributed by atoms with Crippen LogP contribution in [0.3, 0.4) is 0 Å². The van der Waals surface area contributed by atoms with Crippen molar-refractivity contribution in [1.29, 1.82) is 0 Å². The van der Waals surface area contributed by atoms with Crippen LogP contribution in [0, 0.1) is 0 Å². The number of amides is 1. The summed E-state index contributed by atoms with van der Waals surface area (Å²) in [5.41, 5.74) is 1.24. The van der Waals surface area contributed by atoms with E-state index in [-0.39, 0.29) is 5.91 Å². The lowest BCUT2D eigenvalue weighted by atomic mass is 10.2. The maximum Gasteiger partial charge on any atom is 0.263 e. The van der Waals surface area contributed by atoms with Crippen molar-refractivity contribution >= 4 is 17.2 Å². The second-order valence-electron chi connectivity index (χ2n) is 2.87. The van der Waals surface area contributed by atoms with Crippen molar-refractivity contribution < 1.29 is 4.79 Å². The van der Waals surface area contributed by atoms with E-state index in [9.17, 15) is 4.79 Å². The van der Waals surface area contributed by atoms with E-state index in [2.05, 4.69) is 6.92 Å². The summed E-state index contributed by atoms with van der Waals surface area (Å²) in [4.78, 5) is 13.8. The van der Waals surface area contributed by atoms with E-state index >= 15 is 0 Å². The highest BCUT2D eigenvalue weighted by atomic mass is 32.1. The number of hydrogen-bond donors (Lipinski definition) is 0. The van der Waals surface area contributed by atoms with Gasteiger partial charge < -0.3 is 4.90 Å². The predicted molar refractivity (Wildman–Crippen MR) is 51.7 cm³/mol. The molecule has 1 aromatic rings. The molecule has 2 nitrogen and oxygen atoms in total. The maximum atomic E-state index is 11.4. The van der Waals surface area contributed by atoms with Crippen molar-refractivity contribution in [1.82, 2.24) is 4.90 Å². The van der Waals surface area contributed by atoms with E-state index < -0.39 is 0 Å². The number of carbonyl (C=O) groups excluding carboxylic acids is 1. The first kappa shape index (κ1) is 9.26. The second kappa shape index (κ2) is 3.72. The van der Waals surface area contributed by atoms with Crippen LogP contribution < -0.4 is 0 Å². The molecular formula is C9H13NOS. The Kier molecular flexibility index (Phi) is 2.87. The van der Waals surface area contributed by atoms with Crippen LogP contribution in [0.25, 0.3) is 0 Å². The smallest absolute Gasteiger partial charge is 0.263 e. The largest absolute Gasteiger partial charge is 0.344 e. The molecule has 66 valence electrons. The van der Waals surface area contributed by atoms with Crippen molar-refractivity contribution in [2.45, 2.75) is 13.3 Å². The van der Waals surface area contributed by atoms with E-state index in [1.54, 1.807) is 19.0 Å². The first-order valence-corrected chi connectivity index (χ1v) is 4.82. The van der Waals surface area contributed by atoms with Gasteiger partial charge >= 0.3 is 0 Å². The zero-order valence-corrected chi connectivity index (χ0v) is 8.44. The first-order chi connectivity index (χ1) is 5.65. The monoisotopic (exact) mass is 183 g/mol. The highest BCUT2D eigenvalue weighted by Gasteiger charge is 2.09. The summed E-state index contributed by atoms with van der Waals surface area (Å²) in [5, 5.41) is 2.04. The molecule has 0 spiro atoms. The SMILES string of the molecule is CCc1csc(C(=O)N(C)C)c1. The Morgan fingerprint density at radius 2 is 2.25 bits per heavy atom. The van der Waals surface area contributed by atoms with E-state index in [4.69, 9.17) is 0 Å². The van der Waals surface area contributed by atoms with Gasteiger partial charge in [-0.2, -0.15) is 0 Å². The van der Waals surface area contributed by atoms with Crippen molar-refractivity contribution in [3.63, 3.8) is 0 Å². The molecule has 3 heteroatoms. The van der Waals surface area contributed by atoms with Gasteiger partial charge in [0.15, 0.2) is 0 Å². The molecule has 0 radical (unpaired) electrons. The van der Waals surface area contributed by atoms with E-state index in [1.807, 2.05) is 11.4 Å². The molecule has 0 saturated carbocycles. The van der Waals surface area contributed by atoms with E-state index in [0.717, 1.165) is 11.3 Å². The first-order valence-electron chi connectivity index (χ1n) is 3.94. The molecule has 0 bridgehead atoms. The molecular weight excluding hydrogens is 170 g/mol. The Labute approximate surface area is 76.8 Å². The van der Waals surface area contributed by atoms with Gasteiger partial charge in [-0.05, 0) is 23.4 Å². The molecule has 0 N–H and O–H groups in total. The average molecular weight is 183 g/mol. The van der Waals surface area contributed by atoms with Crippen LogP contribution in [0.4, 0.5) is 0 Å². The molecule has 0 fully saturated rings. The highest BCUT2D eigenvalue weighted by Crippen LogP contribution is 2.16. The third-order valence-electron chi connectivity index (χ3n) is 1.68. The third-order valence-corrected chi connectivity index (χ3v) is 2.65. The average Bonchev–Trinajstić information content (AvgIpc) is 2.50.